The molecule has 16 heavy (non-hydrogen) atoms. The number of unbranched alkanes of at least 4 members (excludes halogenated alkanes) is 1. The average molecular weight is 444 g/mol. The van der Waals surface area contributed by atoms with Gasteiger partial charge in [-0.2, -0.15) is 0 Å². The highest BCUT2D eigenvalue weighted by molar-refractivity contribution is 14.1. The van der Waals surface area contributed by atoms with Gasteiger partial charge in [0.15, 0.2) is 0 Å². The second-order valence-electron chi connectivity index (χ2n) is 3.39. The first-order chi connectivity index (χ1) is 7.74. The summed E-state index contributed by atoms with van der Waals surface area (Å²) in [7, 11) is 0. The second-order valence-corrected chi connectivity index (χ2v) is 5.97. The highest BCUT2D eigenvalue weighted by Crippen LogP contribution is 2.16. The fraction of sp³-hybridized carbons (Fsp3) is 0.417. The first-order valence-corrected chi connectivity index (χ1v) is 7.98. The van der Waals surface area contributed by atoms with Crippen molar-refractivity contribution >= 4 is 51.2 Å². The third-order valence-electron chi connectivity index (χ3n) is 2.06. The van der Waals surface area contributed by atoms with Crippen LogP contribution in [0, 0.1) is 0 Å². The molecule has 4 heteroatoms. The lowest BCUT2D eigenvalue weighted by Gasteiger charge is -2.09. The van der Waals surface area contributed by atoms with Crippen LogP contribution in [0.2, 0.25) is 0 Å². The van der Waals surface area contributed by atoms with Crippen LogP contribution in [0.4, 0.5) is 0 Å². The molecule has 0 radical (unpaired) electrons. The maximum absolute atomic E-state index is 11.7. The molecule has 0 aliphatic heterocycles. The molecule has 0 saturated heterocycles. The Labute approximate surface area is 123 Å². The van der Waals surface area contributed by atoms with Crippen LogP contribution < -0.4 is 4.74 Å². The predicted octanol–water partition coefficient (Wildman–Crippen LogP) is 4.00. The lowest BCUT2D eigenvalue weighted by molar-refractivity contribution is -0.133. The van der Waals surface area contributed by atoms with Gasteiger partial charge >= 0.3 is 5.97 Å². The van der Waals surface area contributed by atoms with E-state index in [4.69, 9.17) is 4.74 Å². The number of benzene rings is 1. The quantitative estimate of drug-likeness (QED) is 0.218. The van der Waals surface area contributed by atoms with Crippen LogP contribution in [-0.4, -0.2) is 14.3 Å². The summed E-state index contributed by atoms with van der Waals surface area (Å²) in [6.45, 7) is 0. The van der Waals surface area contributed by atoms with Crippen LogP contribution in [0.15, 0.2) is 30.3 Å². The van der Waals surface area contributed by atoms with Crippen molar-refractivity contribution < 1.29 is 9.53 Å². The number of alkyl halides is 2. The van der Waals surface area contributed by atoms with Gasteiger partial charge in [-0.25, -0.2) is 0 Å². The van der Waals surface area contributed by atoms with Gasteiger partial charge in [0.25, 0.3) is 0 Å². The Balaban J connectivity index is 2.34. The van der Waals surface area contributed by atoms with Crippen molar-refractivity contribution in [2.75, 3.05) is 4.43 Å². The molecule has 1 aromatic rings. The third kappa shape index (κ3) is 5.47. The van der Waals surface area contributed by atoms with Gasteiger partial charge in [-0.05, 0) is 29.4 Å². The third-order valence-corrected chi connectivity index (χ3v) is 3.95. The second kappa shape index (κ2) is 8.27. The first-order valence-electron chi connectivity index (χ1n) is 5.21. The Morgan fingerprint density at radius 2 is 1.94 bits per heavy atom. The van der Waals surface area contributed by atoms with Crippen LogP contribution in [-0.2, 0) is 4.79 Å². The maximum atomic E-state index is 11.7. The molecule has 0 aliphatic rings. The molecular weight excluding hydrogens is 430 g/mol. The van der Waals surface area contributed by atoms with E-state index >= 15 is 0 Å². The van der Waals surface area contributed by atoms with E-state index in [1.165, 1.54) is 6.42 Å². The molecule has 0 aliphatic carbocycles. The van der Waals surface area contributed by atoms with E-state index in [-0.39, 0.29) is 9.89 Å². The Kier molecular flexibility index (Phi) is 7.35. The zero-order chi connectivity index (χ0) is 11.8. The van der Waals surface area contributed by atoms with Crippen molar-refractivity contribution in [3.8, 4) is 5.75 Å². The SMILES string of the molecule is O=C(Oc1ccccc1)C(I)CCCCI. The zero-order valence-corrected chi connectivity index (χ0v) is 13.2. The molecule has 0 fully saturated rings. The summed E-state index contributed by atoms with van der Waals surface area (Å²) in [5.74, 6) is 0.489. The lowest BCUT2D eigenvalue weighted by atomic mass is 10.2. The topological polar surface area (TPSA) is 26.3 Å². The number of hydrogen-bond donors (Lipinski definition) is 0. The Bertz CT molecular complexity index is 314. The van der Waals surface area contributed by atoms with Crippen molar-refractivity contribution in [2.24, 2.45) is 0 Å². The van der Waals surface area contributed by atoms with Gasteiger partial charge in [0.05, 0.1) is 0 Å². The van der Waals surface area contributed by atoms with E-state index < -0.39 is 0 Å². The minimum atomic E-state index is -0.139. The van der Waals surface area contributed by atoms with Gasteiger partial charge < -0.3 is 4.74 Å². The lowest BCUT2D eigenvalue weighted by Crippen LogP contribution is -2.20. The van der Waals surface area contributed by atoms with Crippen LogP contribution in [0.5, 0.6) is 5.75 Å². The summed E-state index contributed by atoms with van der Waals surface area (Å²) < 4.78 is 6.37. The van der Waals surface area contributed by atoms with E-state index in [1.807, 2.05) is 18.2 Å². The first kappa shape index (κ1) is 14.2. The monoisotopic (exact) mass is 444 g/mol. The van der Waals surface area contributed by atoms with Crippen LogP contribution in [0.3, 0.4) is 0 Å². The van der Waals surface area contributed by atoms with Gasteiger partial charge in [0.2, 0.25) is 0 Å². The van der Waals surface area contributed by atoms with Crippen molar-refractivity contribution in [1.82, 2.24) is 0 Å². The number of halogens is 2. The van der Waals surface area contributed by atoms with Gasteiger partial charge in [0, 0.05) is 0 Å². The number of para-hydroxylation sites is 1. The summed E-state index contributed by atoms with van der Waals surface area (Å²) in [6.07, 6.45) is 3.15. The van der Waals surface area contributed by atoms with Crippen LogP contribution in [0.1, 0.15) is 19.3 Å². The molecule has 1 aromatic carbocycles. The number of ether oxygens (including phenoxy) is 1. The molecule has 0 N–H and O–H groups in total. The summed E-state index contributed by atoms with van der Waals surface area (Å²) in [5.41, 5.74) is 0. The molecule has 0 spiro atoms. The van der Waals surface area contributed by atoms with Crippen molar-refractivity contribution in [3.63, 3.8) is 0 Å². The number of esters is 1. The molecule has 1 atom stereocenters. The average Bonchev–Trinajstić information content (AvgIpc) is 2.30. The highest BCUT2D eigenvalue weighted by atomic mass is 127. The zero-order valence-electron chi connectivity index (χ0n) is 8.86. The number of rotatable bonds is 6. The molecule has 1 unspecified atom stereocenters. The maximum Gasteiger partial charge on any atom is 0.324 e. The molecule has 88 valence electrons. The van der Waals surface area contributed by atoms with E-state index in [1.54, 1.807) is 12.1 Å². The van der Waals surface area contributed by atoms with E-state index in [0.29, 0.717) is 5.75 Å². The summed E-state index contributed by atoms with van der Waals surface area (Å²) in [4.78, 5) is 11.7. The van der Waals surface area contributed by atoms with E-state index in [2.05, 4.69) is 45.2 Å². The fourth-order valence-electron chi connectivity index (χ4n) is 1.20. The molecule has 0 aromatic heterocycles. The molecule has 0 heterocycles. The van der Waals surface area contributed by atoms with Gasteiger partial charge in [0.1, 0.15) is 9.67 Å². The van der Waals surface area contributed by atoms with Gasteiger partial charge in [-0.3, -0.25) is 4.79 Å². The molecular formula is C12H14I2O2. The Morgan fingerprint density at radius 1 is 1.25 bits per heavy atom. The predicted molar refractivity (Wildman–Crippen MR) is 82.6 cm³/mol. The molecule has 0 bridgehead atoms. The van der Waals surface area contributed by atoms with E-state index in [9.17, 15) is 4.79 Å². The van der Waals surface area contributed by atoms with Crippen molar-refractivity contribution in [1.29, 1.82) is 0 Å². The normalized spacial score (nSPS) is 12.1. The molecule has 2 nitrogen and oxygen atoms in total. The van der Waals surface area contributed by atoms with Crippen molar-refractivity contribution in [2.45, 2.75) is 23.2 Å². The molecule has 0 amide bonds. The van der Waals surface area contributed by atoms with E-state index in [0.717, 1.165) is 17.3 Å². The largest absolute Gasteiger partial charge is 0.426 e. The summed E-state index contributed by atoms with van der Waals surface area (Å²) in [6, 6.07) is 9.22. The van der Waals surface area contributed by atoms with Crippen LogP contribution >= 0.6 is 45.2 Å². The van der Waals surface area contributed by atoms with Crippen molar-refractivity contribution in [3.05, 3.63) is 30.3 Å². The minimum Gasteiger partial charge on any atom is -0.426 e. The fourth-order valence-corrected chi connectivity index (χ4v) is 2.31. The Hall–Kier alpha value is 0.150. The summed E-state index contributed by atoms with van der Waals surface area (Å²) >= 11 is 4.51. The molecule has 1 rings (SSSR count). The number of hydrogen-bond acceptors (Lipinski definition) is 2. The Morgan fingerprint density at radius 3 is 2.56 bits per heavy atom. The standard InChI is InChI=1S/C12H14I2O2/c13-9-5-4-8-11(14)12(15)16-10-6-2-1-3-7-10/h1-3,6-7,11H,4-5,8-9H2. The number of carbonyl (C=O) groups is 1. The summed E-state index contributed by atoms with van der Waals surface area (Å²) in [5, 5.41) is 0. The van der Waals surface area contributed by atoms with Crippen LogP contribution in [0.25, 0.3) is 0 Å². The number of carbonyl (C=O) groups excluding carboxylic acids is 1. The molecule has 0 saturated carbocycles. The smallest absolute Gasteiger partial charge is 0.324 e. The van der Waals surface area contributed by atoms with Gasteiger partial charge in [-0.15, -0.1) is 0 Å². The highest BCUT2D eigenvalue weighted by Gasteiger charge is 2.16. The van der Waals surface area contributed by atoms with Gasteiger partial charge in [-0.1, -0.05) is 69.8 Å². The minimum absolute atomic E-state index is 0.0410.